The summed E-state index contributed by atoms with van der Waals surface area (Å²) in [6, 6.07) is 20.9. The van der Waals surface area contributed by atoms with Crippen LogP contribution in [0.4, 0.5) is 11.8 Å². The Hall–Kier alpha value is -4.44. The number of hydrogen-bond donors (Lipinski definition) is 2. The van der Waals surface area contributed by atoms with E-state index >= 15 is 0 Å². The van der Waals surface area contributed by atoms with Crippen molar-refractivity contribution in [2.75, 3.05) is 38.0 Å². The first-order valence-electron chi connectivity index (χ1n) is 12.4. The zero-order valence-corrected chi connectivity index (χ0v) is 21.6. The van der Waals surface area contributed by atoms with Crippen LogP contribution >= 0.6 is 0 Å². The van der Waals surface area contributed by atoms with Gasteiger partial charge in [-0.05, 0) is 35.7 Å². The van der Waals surface area contributed by atoms with E-state index in [1.807, 2.05) is 66.7 Å². The molecule has 2 heterocycles. The van der Waals surface area contributed by atoms with Crippen LogP contribution in [0.1, 0.15) is 16.7 Å². The number of aryl methyl sites for hydroxylation is 1. The topological polar surface area (TPSA) is 112 Å². The zero-order valence-electron chi connectivity index (χ0n) is 21.6. The molecular formula is C28H32N6O4. The molecule has 2 N–H and O–H groups in total. The van der Waals surface area contributed by atoms with E-state index in [2.05, 4.69) is 20.6 Å². The smallest absolute Gasteiger partial charge is 0.354 e. The third kappa shape index (κ3) is 6.86. The van der Waals surface area contributed by atoms with Crippen molar-refractivity contribution in [2.24, 2.45) is 0 Å². The second kappa shape index (κ2) is 13.2. The summed E-state index contributed by atoms with van der Waals surface area (Å²) >= 11 is 0. The minimum atomic E-state index is -0.593. The third-order valence-electron chi connectivity index (χ3n) is 6.04. The first-order valence-corrected chi connectivity index (χ1v) is 12.4. The van der Waals surface area contributed by atoms with Crippen LogP contribution in [0.25, 0.3) is 0 Å². The number of nitrogens with zero attached hydrogens (tertiary/aromatic N) is 4. The molecule has 38 heavy (non-hydrogen) atoms. The molecule has 10 heteroatoms. The molecule has 10 nitrogen and oxygen atoms in total. The van der Waals surface area contributed by atoms with Crippen molar-refractivity contribution in [3.63, 3.8) is 0 Å². The molecule has 0 aliphatic rings. The number of nitrogens with one attached hydrogen (secondary N) is 2. The molecule has 0 saturated carbocycles. The second-order valence-electron chi connectivity index (χ2n) is 8.61. The van der Waals surface area contributed by atoms with Gasteiger partial charge in [-0.2, -0.15) is 4.98 Å². The monoisotopic (exact) mass is 516 g/mol. The minimum Gasteiger partial charge on any atom is -0.497 e. The predicted octanol–water partition coefficient (Wildman–Crippen LogP) is 2.77. The molecule has 4 aromatic rings. The number of ether oxygens (including phenoxy) is 2. The van der Waals surface area contributed by atoms with Gasteiger partial charge in [0.05, 0.1) is 20.3 Å². The third-order valence-corrected chi connectivity index (χ3v) is 6.04. The van der Waals surface area contributed by atoms with Crippen molar-refractivity contribution in [1.82, 2.24) is 19.1 Å². The van der Waals surface area contributed by atoms with Crippen LogP contribution in [0.15, 0.2) is 82.5 Å². The molecular weight excluding hydrogens is 484 g/mol. The summed E-state index contributed by atoms with van der Waals surface area (Å²) in [5, 5.41) is 6.43. The number of aromatic nitrogens is 4. The molecule has 2 aromatic heterocycles. The van der Waals surface area contributed by atoms with Gasteiger partial charge in [0.25, 0.3) is 0 Å². The van der Waals surface area contributed by atoms with Gasteiger partial charge in [0.15, 0.2) is 0 Å². The lowest BCUT2D eigenvalue weighted by Crippen LogP contribution is -2.43. The summed E-state index contributed by atoms with van der Waals surface area (Å²) in [5.74, 6) is 1.60. The Kier molecular flexibility index (Phi) is 9.25. The molecule has 0 aliphatic carbocycles. The highest BCUT2D eigenvalue weighted by molar-refractivity contribution is 5.45. The molecule has 4 rings (SSSR count). The lowest BCUT2D eigenvalue weighted by molar-refractivity contribution is 0.210. The number of pyridine rings is 1. The van der Waals surface area contributed by atoms with Gasteiger partial charge >= 0.3 is 11.4 Å². The van der Waals surface area contributed by atoms with Crippen LogP contribution in [-0.4, -0.2) is 46.5 Å². The fraction of sp³-hybridized carbons (Fsp3) is 0.286. The fourth-order valence-corrected chi connectivity index (χ4v) is 3.98. The van der Waals surface area contributed by atoms with Crippen LogP contribution in [0.2, 0.25) is 0 Å². The number of rotatable bonds is 13. The van der Waals surface area contributed by atoms with Crippen molar-refractivity contribution in [3.05, 3.63) is 111 Å². The molecule has 0 bridgehead atoms. The Labute approximate surface area is 220 Å². The lowest BCUT2D eigenvalue weighted by atomic mass is 10.1. The van der Waals surface area contributed by atoms with E-state index < -0.39 is 11.4 Å². The Morgan fingerprint density at radius 3 is 2.39 bits per heavy atom. The maximum absolute atomic E-state index is 13.6. The summed E-state index contributed by atoms with van der Waals surface area (Å²) in [4.78, 5) is 35.2. The number of hydrogen-bond acceptors (Lipinski definition) is 8. The molecule has 0 amide bonds. The second-order valence-corrected chi connectivity index (χ2v) is 8.61. The van der Waals surface area contributed by atoms with Crippen LogP contribution in [0.3, 0.4) is 0 Å². The maximum atomic E-state index is 13.6. The van der Waals surface area contributed by atoms with Gasteiger partial charge in [0.1, 0.15) is 11.6 Å². The molecule has 0 aliphatic heterocycles. The van der Waals surface area contributed by atoms with E-state index in [0.29, 0.717) is 31.9 Å². The van der Waals surface area contributed by atoms with Crippen molar-refractivity contribution >= 4 is 11.8 Å². The fourth-order valence-electron chi connectivity index (χ4n) is 3.98. The summed E-state index contributed by atoms with van der Waals surface area (Å²) in [7, 11) is 3.24. The zero-order chi connectivity index (χ0) is 26.7. The minimum absolute atomic E-state index is 0.193. The predicted molar refractivity (Wildman–Crippen MR) is 147 cm³/mol. The Balaban J connectivity index is 1.63. The van der Waals surface area contributed by atoms with E-state index in [9.17, 15) is 9.59 Å². The normalized spacial score (nSPS) is 10.8. The van der Waals surface area contributed by atoms with Gasteiger partial charge in [-0.3, -0.25) is 4.57 Å². The molecule has 0 fully saturated rings. The molecule has 0 spiro atoms. The molecule has 0 saturated heterocycles. The van der Waals surface area contributed by atoms with Crippen molar-refractivity contribution < 1.29 is 9.47 Å². The molecule has 0 unspecified atom stereocenters. The Morgan fingerprint density at radius 2 is 1.66 bits per heavy atom. The van der Waals surface area contributed by atoms with Crippen LogP contribution < -0.4 is 26.7 Å². The molecule has 198 valence electrons. The number of anilines is 2. The van der Waals surface area contributed by atoms with Crippen LogP contribution in [0, 0.1) is 0 Å². The van der Waals surface area contributed by atoms with E-state index in [-0.39, 0.29) is 19.0 Å². The van der Waals surface area contributed by atoms with Gasteiger partial charge in [0, 0.05) is 38.5 Å². The number of methoxy groups -OCH3 is 2. The van der Waals surface area contributed by atoms with E-state index in [0.717, 1.165) is 22.4 Å². The van der Waals surface area contributed by atoms with Crippen molar-refractivity contribution in [3.8, 4) is 5.75 Å². The first kappa shape index (κ1) is 26.6. The average Bonchev–Trinajstić information content (AvgIpc) is 2.95. The lowest BCUT2D eigenvalue weighted by Gasteiger charge is -2.17. The Morgan fingerprint density at radius 1 is 0.868 bits per heavy atom. The van der Waals surface area contributed by atoms with E-state index in [4.69, 9.17) is 9.47 Å². The summed E-state index contributed by atoms with van der Waals surface area (Å²) in [6.45, 7) is 1.90. The molecule has 2 aromatic carbocycles. The van der Waals surface area contributed by atoms with Gasteiger partial charge in [-0.25, -0.2) is 19.1 Å². The van der Waals surface area contributed by atoms with Crippen LogP contribution in [0.5, 0.6) is 5.75 Å². The van der Waals surface area contributed by atoms with E-state index in [1.54, 1.807) is 20.4 Å². The van der Waals surface area contributed by atoms with Crippen LogP contribution in [-0.2, 0) is 30.8 Å². The van der Waals surface area contributed by atoms with Gasteiger partial charge in [-0.15, -0.1) is 0 Å². The maximum Gasteiger partial charge on any atom is 0.354 e. The first-order chi connectivity index (χ1) is 18.6. The molecule has 0 atom stereocenters. The van der Waals surface area contributed by atoms with Gasteiger partial charge < -0.3 is 20.1 Å². The summed E-state index contributed by atoms with van der Waals surface area (Å²) < 4.78 is 13.0. The summed E-state index contributed by atoms with van der Waals surface area (Å²) in [6.07, 6.45) is 2.24. The van der Waals surface area contributed by atoms with Crippen molar-refractivity contribution in [2.45, 2.75) is 26.1 Å². The average molecular weight is 517 g/mol. The highest BCUT2D eigenvalue weighted by Gasteiger charge is 2.15. The van der Waals surface area contributed by atoms with Gasteiger partial charge in [-0.1, -0.05) is 48.5 Å². The highest BCUT2D eigenvalue weighted by atomic mass is 16.5. The SMILES string of the molecule is COCCNc1ncccc1CNc1nc(=O)n(CCc2ccccc2)c(=O)n1Cc1ccc(OC)cc1. The quantitative estimate of drug-likeness (QED) is 0.261. The Bertz CT molecular complexity index is 1430. The summed E-state index contributed by atoms with van der Waals surface area (Å²) in [5.41, 5.74) is 1.75. The van der Waals surface area contributed by atoms with E-state index in [1.165, 1.54) is 9.13 Å². The van der Waals surface area contributed by atoms with Gasteiger partial charge in [0.2, 0.25) is 5.95 Å². The van der Waals surface area contributed by atoms with Crippen molar-refractivity contribution in [1.29, 1.82) is 0 Å². The largest absolute Gasteiger partial charge is 0.497 e. The number of benzene rings is 2. The highest BCUT2D eigenvalue weighted by Crippen LogP contribution is 2.15. The molecule has 0 radical (unpaired) electrons. The standard InChI is InChI=1S/C28H32N6O4/c1-37-18-16-30-25-23(9-6-15-29-25)19-31-26-32-27(35)33(17-14-21-7-4-3-5-8-21)28(36)34(26)20-22-10-12-24(38-2)13-11-22/h3-13,15H,14,16-20H2,1-2H3,(H,29,30)(H,31,32,35).